The Balaban J connectivity index is 2.64. The van der Waals surface area contributed by atoms with Crippen LogP contribution in [0.2, 0.25) is 0 Å². The largest absolute Gasteiger partial charge is 0.478 e. The van der Waals surface area contributed by atoms with Crippen LogP contribution in [-0.2, 0) is 9.53 Å². The fourth-order valence-corrected chi connectivity index (χ4v) is 1.94. The Morgan fingerprint density at radius 2 is 2.33 bits per heavy atom. The molecule has 1 N–H and O–H groups in total. The van der Waals surface area contributed by atoms with Crippen molar-refractivity contribution >= 4 is 5.97 Å². The molecular weight excluding hydrogens is 228 g/mol. The molecule has 3 heteroatoms. The van der Waals surface area contributed by atoms with Crippen LogP contribution in [-0.4, -0.2) is 23.8 Å². The first-order valence-electron chi connectivity index (χ1n) is 6.33. The van der Waals surface area contributed by atoms with Crippen LogP contribution in [0.1, 0.15) is 33.1 Å². The second-order valence-electron chi connectivity index (χ2n) is 5.11. The molecule has 100 valence electrons. The Morgan fingerprint density at radius 3 is 2.78 bits per heavy atom. The molecule has 1 rings (SSSR count). The van der Waals surface area contributed by atoms with Gasteiger partial charge in [-0.15, -0.1) is 0 Å². The van der Waals surface area contributed by atoms with Gasteiger partial charge in [-0.05, 0) is 36.8 Å². The molecule has 0 bridgehead atoms. The van der Waals surface area contributed by atoms with Crippen molar-refractivity contribution in [2.24, 2.45) is 5.92 Å². The molecule has 1 atom stereocenters. The molecule has 0 radical (unpaired) electrons. The van der Waals surface area contributed by atoms with Crippen LogP contribution in [0, 0.1) is 5.92 Å². The van der Waals surface area contributed by atoms with E-state index in [-0.39, 0.29) is 5.60 Å². The number of carbonyl (C=O) groups is 1. The number of hydrogen-bond donors (Lipinski definition) is 1. The van der Waals surface area contributed by atoms with E-state index in [2.05, 4.69) is 19.9 Å². The lowest BCUT2D eigenvalue weighted by Gasteiger charge is -2.31. The SMILES string of the molecule is COC1(CCC(C)C)C=CC(C=CC(=O)O)=CC1. The highest BCUT2D eigenvalue weighted by Gasteiger charge is 2.27. The second kappa shape index (κ2) is 6.55. The van der Waals surface area contributed by atoms with E-state index in [0.29, 0.717) is 5.92 Å². The zero-order valence-corrected chi connectivity index (χ0v) is 11.3. The van der Waals surface area contributed by atoms with Gasteiger partial charge < -0.3 is 9.84 Å². The summed E-state index contributed by atoms with van der Waals surface area (Å²) in [5, 5.41) is 8.58. The van der Waals surface area contributed by atoms with Gasteiger partial charge in [0.1, 0.15) is 0 Å². The van der Waals surface area contributed by atoms with Gasteiger partial charge in [0.25, 0.3) is 0 Å². The number of carboxylic acid groups (broad SMARTS) is 1. The van der Waals surface area contributed by atoms with Gasteiger partial charge in [0, 0.05) is 13.2 Å². The Morgan fingerprint density at radius 1 is 1.61 bits per heavy atom. The molecule has 0 amide bonds. The molecule has 1 unspecified atom stereocenters. The summed E-state index contributed by atoms with van der Waals surface area (Å²) in [5.41, 5.74) is 0.708. The Labute approximate surface area is 109 Å². The van der Waals surface area contributed by atoms with Crippen LogP contribution in [0.15, 0.2) is 36.0 Å². The Hall–Kier alpha value is -1.35. The van der Waals surface area contributed by atoms with Crippen LogP contribution < -0.4 is 0 Å². The summed E-state index contributed by atoms with van der Waals surface area (Å²) in [5.74, 6) is -0.268. The summed E-state index contributed by atoms with van der Waals surface area (Å²) in [7, 11) is 1.73. The summed E-state index contributed by atoms with van der Waals surface area (Å²) in [6.45, 7) is 4.40. The van der Waals surface area contributed by atoms with Crippen molar-refractivity contribution in [1.29, 1.82) is 0 Å². The van der Waals surface area contributed by atoms with Crippen molar-refractivity contribution in [2.45, 2.75) is 38.7 Å². The topological polar surface area (TPSA) is 46.5 Å². The van der Waals surface area contributed by atoms with Crippen molar-refractivity contribution in [1.82, 2.24) is 0 Å². The van der Waals surface area contributed by atoms with E-state index in [4.69, 9.17) is 9.84 Å². The molecular formula is C15H22O3. The first-order chi connectivity index (χ1) is 8.47. The molecule has 0 spiro atoms. The van der Waals surface area contributed by atoms with E-state index in [1.54, 1.807) is 13.2 Å². The number of methoxy groups -OCH3 is 1. The standard InChI is InChI=1S/C15H22O3/c1-12(2)6-9-15(18-3)10-7-13(8-11-15)4-5-14(16)17/h4-5,7-8,10,12H,6,9,11H2,1-3H3,(H,16,17). The number of rotatable bonds is 6. The third kappa shape index (κ3) is 4.49. The molecule has 0 saturated heterocycles. The van der Waals surface area contributed by atoms with Crippen molar-refractivity contribution in [2.75, 3.05) is 7.11 Å². The van der Waals surface area contributed by atoms with Gasteiger partial charge in [-0.25, -0.2) is 4.79 Å². The van der Waals surface area contributed by atoms with Crippen LogP contribution >= 0.6 is 0 Å². The predicted molar refractivity (Wildman–Crippen MR) is 72.4 cm³/mol. The van der Waals surface area contributed by atoms with E-state index in [0.717, 1.165) is 30.9 Å². The van der Waals surface area contributed by atoms with Gasteiger partial charge in [-0.1, -0.05) is 32.1 Å². The minimum absolute atomic E-state index is 0.217. The number of carboxylic acids is 1. The molecule has 1 aliphatic carbocycles. The minimum atomic E-state index is -0.923. The lowest BCUT2D eigenvalue weighted by atomic mass is 9.85. The summed E-state index contributed by atoms with van der Waals surface area (Å²) >= 11 is 0. The smallest absolute Gasteiger partial charge is 0.328 e. The quantitative estimate of drug-likeness (QED) is 0.735. The van der Waals surface area contributed by atoms with Crippen molar-refractivity contribution in [3.8, 4) is 0 Å². The monoisotopic (exact) mass is 250 g/mol. The summed E-state index contributed by atoms with van der Waals surface area (Å²) in [6, 6.07) is 0. The van der Waals surface area contributed by atoms with E-state index in [9.17, 15) is 4.79 Å². The van der Waals surface area contributed by atoms with Crippen molar-refractivity contribution in [3.05, 3.63) is 36.0 Å². The van der Waals surface area contributed by atoms with Gasteiger partial charge in [0.15, 0.2) is 0 Å². The summed E-state index contributed by atoms with van der Waals surface area (Å²) in [6.07, 6.45) is 11.7. The third-order valence-electron chi connectivity index (χ3n) is 3.23. The van der Waals surface area contributed by atoms with Gasteiger partial charge in [0.2, 0.25) is 0 Å². The van der Waals surface area contributed by atoms with E-state index < -0.39 is 5.97 Å². The molecule has 18 heavy (non-hydrogen) atoms. The molecule has 3 nitrogen and oxygen atoms in total. The zero-order chi connectivity index (χ0) is 13.6. The minimum Gasteiger partial charge on any atom is -0.478 e. The third-order valence-corrected chi connectivity index (χ3v) is 3.23. The van der Waals surface area contributed by atoms with Crippen LogP contribution in [0.25, 0.3) is 0 Å². The predicted octanol–water partition coefficient (Wildman–Crippen LogP) is 3.33. The number of aliphatic carboxylic acids is 1. The molecule has 0 aromatic carbocycles. The first kappa shape index (κ1) is 14.7. The Bertz CT molecular complexity index is 377. The molecule has 0 saturated carbocycles. The van der Waals surface area contributed by atoms with Crippen molar-refractivity contribution < 1.29 is 14.6 Å². The molecule has 0 fully saturated rings. The zero-order valence-electron chi connectivity index (χ0n) is 11.3. The fourth-order valence-electron chi connectivity index (χ4n) is 1.94. The first-order valence-corrected chi connectivity index (χ1v) is 6.33. The number of allylic oxidation sites excluding steroid dienone is 3. The maximum Gasteiger partial charge on any atom is 0.328 e. The van der Waals surface area contributed by atoms with E-state index in [1.807, 2.05) is 12.2 Å². The number of ether oxygens (including phenoxy) is 1. The maximum atomic E-state index is 10.4. The highest BCUT2D eigenvalue weighted by atomic mass is 16.5. The molecule has 1 aliphatic rings. The van der Waals surface area contributed by atoms with Gasteiger partial charge in [0.05, 0.1) is 5.60 Å². The number of hydrogen-bond acceptors (Lipinski definition) is 2. The molecule has 0 aromatic rings. The van der Waals surface area contributed by atoms with E-state index in [1.165, 1.54) is 0 Å². The van der Waals surface area contributed by atoms with Gasteiger partial charge >= 0.3 is 5.97 Å². The summed E-state index contributed by atoms with van der Waals surface area (Å²) < 4.78 is 5.63. The average molecular weight is 250 g/mol. The normalized spacial score (nSPS) is 23.7. The van der Waals surface area contributed by atoms with E-state index >= 15 is 0 Å². The molecule has 0 heterocycles. The Kier molecular flexibility index (Phi) is 5.35. The average Bonchev–Trinajstić information content (AvgIpc) is 2.35. The highest BCUT2D eigenvalue weighted by molar-refractivity contribution is 5.80. The second-order valence-corrected chi connectivity index (χ2v) is 5.11. The fraction of sp³-hybridized carbons (Fsp3) is 0.533. The van der Waals surface area contributed by atoms with Crippen LogP contribution in [0.5, 0.6) is 0 Å². The van der Waals surface area contributed by atoms with Crippen molar-refractivity contribution in [3.63, 3.8) is 0 Å². The summed E-state index contributed by atoms with van der Waals surface area (Å²) in [4.78, 5) is 10.4. The van der Waals surface area contributed by atoms with Crippen LogP contribution in [0.4, 0.5) is 0 Å². The van der Waals surface area contributed by atoms with Gasteiger partial charge in [-0.3, -0.25) is 0 Å². The lowest BCUT2D eigenvalue weighted by Crippen LogP contribution is -2.30. The molecule has 0 aromatic heterocycles. The lowest BCUT2D eigenvalue weighted by molar-refractivity contribution is -0.131. The highest BCUT2D eigenvalue weighted by Crippen LogP contribution is 2.30. The maximum absolute atomic E-state index is 10.4. The van der Waals surface area contributed by atoms with Gasteiger partial charge in [-0.2, -0.15) is 0 Å². The van der Waals surface area contributed by atoms with Crippen LogP contribution in [0.3, 0.4) is 0 Å². The molecule has 0 aliphatic heterocycles.